The second kappa shape index (κ2) is 8.01. The van der Waals surface area contributed by atoms with Crippen molar-refractivity contribution in [3.8, 4) is 23.0 Å². The van der Waals surface area contributed by atoms with Crippen LogP contribution in [0.15, 0.2) is 92.8 Å². The number of aromatic nitrogens is 4. The van der Waals surface area contributed by atoms with Gasteiger partial charge in [-0.3, -0.25) is 0 Å². The highest BCUT2D eigenvalue weighted by Crippen LogP contribution is 2.50. The monoisotopic (exact) mass is 556 g/mol. The van der Waals surface area contributed by atoms with Crippen LogP contribution in [0.25, 0.3) is 28.0 Å². The Labute approximate surface area is 217 Å². The third-order valence-electron chi connectivity index (χ3n) is 6.29. The molecule has 6 aromatic rings. The zero-order chi connectivity index (χ0) is 24.4. The molecule has 3 aromatic carbocycles. The van der Waals surface area contributed by atoms with E-state index in [1.54, 1.807) is 23.0 Å². The highest BCUT2D eigenvalue weighted by Gasteiger charge is 2.38. The molecule has 0 spiro atoms. The van der Waals surface area contributed by atoms with Crippen molar-refractivity contribution in [3.63, 3.8) is 0 Å². The zero-order valence-electron chi connectivity index (χ0n) is 18.4. The molecule has 0 fully saturated rings. The summed E-state index contributed by atoms with van der Waals surface area (Å²) in [4.78, 5) is 22.8. The van der Waals surface area contributed by atoms with E-state index in [4.69, 9.17) is 25.7 Å². The van der Waals surface area contributed by atoms with Crippen LogP contribution in [0, 0.1) is 0 Å². The first-order valence-corrected chi connectivity index (χ1v) is 12.3. The number of para-hydroxylation sites is 1. The molecule has 3 aromatic heterocycles. The first-order valence-electron chi connectivity index (χ1n) is 11.1. The zero-order valence-corrected chi connectivity index (χ0v) is 20.7. The molecule has 0 amide bonds. The van der Waals surface area contributed by atoms with Crippen LogP contribution >= 0.6 is 27.5 Å². The molecule has 7 rings (SSSR count). The topological polar surface area (TPSA) is 82.5 Å². The predicted octanol–water partition coefficient (Wildman–Crippen LogP) is 6.60. The Morgan fingerprint density at radius 3 is 2.58 bits per heavy atom. The maximum absolute atomic E-state index is 13.4. The Kier molecular flexibility index (Phi) is 4.74. The predicted molar refractivity (Wildman–Crippen MR) is 139 cm³/mol. The van der Waals surface area contributed by atoms with Gasteiger partial charge >= 0.3 is 5.63 Å². The fraction of sp³-hybridized carbons (Fsp3) is 0.0370. The van der Waals surface area contributed by atoms with Crippen molar-refractivity contribution in [1.29, 1.82) is 0 Å². The summed E-state index contributed by atoms with van der Waals surface area (Å²) < 4.78 is 14.5. The van der Waals surface area contributed by atoms with Gasteiger partial charge in [0, 0.05) is 10.0 Å². The van der Waals surface area contributed by atoms with Crippen LogP contribution in [0.2, 0.25) is 5.02 Å². The summed E-state index contributed by atoms with van der Waals surface area (Å²) in [5, 5.41) is 5.84. The Morgan fingerprint density at radius 1 is 0.944 bits per heavy atom. The number of halogens is 2. The van der Waals surface area contributed by atoms with Crippen LogP contribution in [0.5, 0.6) is 11.6 Å². The quantitative estimate of drug-likeness (QED) is 0.223. The summed E-state index contributed by atoms with van der Waals surface area (Å²) in [5.74, 6) is 0.653. The van der Waals surface area contributed by atoms with Crippen molar-refractivity contribution in [2.24, 2.45) is 0 Å². The molecule has 1 aliphatic rings. The Bertz CT molecular complexity index is 1900. The average Bonchev–Trinajstić information content (AvgIpc) is 3.33. The van der Waals surface area contributed by atoms with Gasteiger partial charge in [-0.2, -0.15) is 0 Å². The summed E-state index contributed by atoms with van der Waals surface area (Å²) in [7, 11) is 0. The Morgan fingerprint density at radius 2 is 1.72 bits per heavy atom. The number of ether oxygens (including phenoxy) is 1. The molecule has 174 valence electrons. The molecule has 0 N–H and O–H groups in total. The van der Waals surface area contributed by atoms with Crippen molar-refractivity contribution in [3.05, 3.63) is 116 Å². The molecule has 4 heterocycles. The maximum atomic E-state index is 13.4. The van der Waals surface area contributed by atoms with Gasteiger partial charge in [-0.15, -0.1) is 5.10 Å². The highest BCUT2D eigenvalue weighted by atomic mass is 79.9. The molecule has 1 atom stereocenters. The first-order chi connectivity index (χ1) is 17.6. The van der Waals surface area contributed by atoms with Crippen LogP contribution < -0.4 is 10.4 Å². The third kappa shape index (κ3) is 3.11. The van der Waals surface area contributed by atoms with Crippen LogP contribution in [-0.2, 0) is 0 Å². The van der Waals surface area contributed by atoms with Crippen LogP contribution in [0.1, 0.15) is 22.6 Å². The standard InChI is InChI=1S/C27H14BrClN4O3/c28-17-10-4-1-7-14(17)20-21-23(16-9-3-6-12-19(16)35-27(21)34)36-26-22(20)25-31-24(32-33(25)13-30-26)15-8-2-5-11-18(15)29/h1-13,20H. The van der Waals surface area contributed by atoms with E-state index in [0.717, 1.165) is 10.0 Å². The Balaban J connectivity index is 1.57. The molecule has 0 radical (unpaired) electrons. The largest absolute Gasteiger partial charge is 0.437 e. The van der Waals surface area contributed by atoms with Crippen LogP contribution in [0.4, 0.5) is 0 Å². The lowest BCUT2D eigenvalue weighted by Crippen LogP contribution is -2.22. The Hall–Kier alpha value is -4.01. The summed E-state index contributed by atoms with van der Waals surface area (Å²) >= 11 is 10.1. The molecule has 36 heavy (non-hydrogen) atoms. The van der Waals surface area contributed by atoms with E-state index >= 15 is 0 Å². The van der Waals surface area contributed by atoms with E-state index in [1.807, 2.05) is 60.7 Å². The van der Waals surface area contributed by atoms with E-state index in [9.17, 15) is 4.79 Å². The van der Waals surface area contributed by atoms with E-state index in [-0.39, 0.29) is 0 Å². The second-order valence-electron chi connectivity index (χ2n) is 8.33. The van der Waals surface area contributed by atoms with Crippen LogP contribution in [0.3, 0.4) is 0 Å². The molecule has 0 bridgehead atoms. The number of hydrogen-bond acceptors (Lipinski definition) is 6. The van der Waals surface area contributed by atoms with Crippen molar-refractivity contribution in [2.45, 2.75) is 5.92 Å². The molecular weight excluding hydrogens is 544 g/mol. The molecule has 9 heteroatoms. The molecule has 1 aliphatic heterocycles. The van der Waals surface area contributed by atoms with Crippen molar-refractivity contribution in [1.82, 2.24) is 19.6 Å². The average molecular weight is 558 g/mol. The lowest BCUT2D eigenvalue weighted by molar-refractivity contribution is 0.422. The maximum Gasteiger partial charge on any atom is 0.344 e. The highest BCUT2D eigenvalue weighted by molar-refractivity contribution is 9.10. The van der Waals surface area contributed by atoms with Crippen molar-refractivity contribution in [2.75, 3.05) is 0 Å². The molecule has 1 unspecified atom stereocenters. The first kappa shape index (κ1) is 21.3. The summed E-state index contributed by atoms with van der Waals surface area (Å²) in [6.07, 6.45) is 1.55. The van der Waals surface area contributed by atoms with E-state index in [0.29, 0.717) is 55.8 Å². The molecule has 0 saturated carbocycles. The van der Waals surface area contributed by atoms with Gasteiger partial charge in [0.25, 0.3) is 0 Å². The van der Waals surface area contributed by atoms with Gasteiger partial charge in [0.2, 0.25) is 5.88 Å². The minimum absolute atomic E-state index is 0.351. The number of benzene rings is 3. The number of rotatable bonds is 2. The lowest BCUT2D eigenvalue weighted by Gasteiger charge is -2.27. The molecule has 0 saturated heterocycles. The summed E-state index contributed by atoms with van der Waals surface area (Å²) in [5.41, 5.74) is 3.01. The van der Waals surface area contributed by atoms with Gasteiger partial charge < -0.3 is 9.15 Å². The van der Waals surface area contributed by atoms with Gasteiger partial charge in [-0.1, -0.05) is 70.0 Å². The normalized spacial score (nSPS) is 14.4. The van der Waals surface area contributed by atoms with Gasteiger partial charge in [0.05, 0.1) is 27.5 Å². The molecular formula is C27H14BrClN4O3. The van der Waals surface area contributed by atoms with E-state index < -0.39 is 11.5 Å². The minimum Gasteiger partial charge on any atom is -0.437 e. The molecule has 7 nitrogen and oxygen atoms in total. The number of fused-ring (bicyclic) bond motifs is 6. The van der Waals surface area contributed by atoms with Gasteiger partial charge in [-0.05, 0) is 35.9 Å². The summed E-state index contributed by atoms with van der Waals surface area (Å²) in [6.45, 7) is 0. The van der Waals surface area contributed by atoms with E-state index in [1.165, 1.54) is 0 Å². The van der Waals surface area contributed by atoms with Gasteiger partial charge in [0.1, 0.15) is 11.9 Å². The van der Waals surface area contributed by atoms with Crippen molar-refractivity contribution < 1.29 is 9.15 Å². The SMILES string of the molecule is O=c1oc2ccccc2c2c1C(c1ccccc1Br)c1c(ncn3nc(-c4ccccc4Cl)nc13)O2. The number of hydrogen-bond donors (Lipinski definition) is 0. The fourth-order valence-electron chi connectivity index (χ4n) is 4.71. The van der Waals surface area contributed by atoms with E-state index in [2.05, 4.69) is 26.0 Å². The smallest absolute Gasteiger partial charge is 0.344 e. The lowest BCUT2D eigenvalue weighted by atomic mass is 9.84. The number of nitrogens with zero attached hydrogens (tertiary/aromatic N) is 4. The van der Waals surface area contributed by atoms with Gasteiger partial charge in [-0.25, -0.2) is 19.3 Å². The molecule has 0 aliphatic carbocycles. The second-order valence-corrected chi connectivity index (χ2v) is 9.59. The van der Waals surface area contributed by atoms with Gasteiger partial charge in [0.15, 0.2) is 17.2 Å². The summed E-state index contributed by atoms with van der Waals surface area (Å²) in [6, 6.07) is 22.4. The third-order valence-corrected chi connectivity index (χ3v) is 7.34. The fourth-order valence-corrected chi connectivity index (χ4v) is 5.44. The van der Waals surface area contributed by atoms with Crippen LogP contribution in [-0.4, -0.2) is 19.6 Å². The van der Waals surface area contributed by atoms with Crippen molar-refractivity contribution >= 4 is 44.1 Å². The minimum atomic E-state index is -0.570.